The van der Waals surface area contributed by atoms with Crippen molar-refractivity contribution in [1.82, 2.24) is 9.80 Å². The van der Waals surface area contributed by atoms with Crippen LogP contribution in [0.3, 0.4) is 0 Å². The van der Waals surface area contributed by atoms with Gasteiger partial charge in [0.1, 0.15) is 11.9 Å². The molecule has 0 spiro atoms. The van der Waals surface area contributed by atoms with Gasteiger partial charge in [-0.3, -0.25) is 14.5 Å². The summed E-state index contributed by atoms with van der Waals surface area (Å²) < 4.78 is 18.2. The Balaban J connectivity index is 1.87. The first kappa shape index (κ1) is 20.8. The van der Waals surface area contributed by atoms with Crippen molar-refractivity contribution in [3.63, 3.8) is 0 Å². The van der Waals surface area contributed by atoms with Gasteiger partial charge in [0.25, 0.3) is 0 Å². The van der Waals surface area contributed by atoms with Gasteiger partial charge >= 0.3 is 5.97 Å². The van der Waals surface area contributed by atoms with Crippen molar-refractivity contribution in [3.8, 4) is 0 Å². The fourth-order valence-corrected chi connectivity index (χ4v) is 3.10. The molecular formula is C19H26FN3O4. The Morgan fingerprint density at radius 2 is 2.07 bits per heavy atom. The maximum absolute atomic E-state index is 13.2. The third kappa shape index (κ3) is 6.32. The second-order valence-electron chi connectivity index (χ2n) is 6.58. The fourth-order valence-electron chi connectivity index (χ4n) is 3.10. The Labute approximate surface area is 158 Å². The third-order valence-corrected chi connectivity index (χ3v) is 4.31. The lowest BCUT2D eigenvalue weighted by Crippen LogP contribution is -2.51. The average molecular weight is 379 g/mol. The van der Waals surface area contributed by atoms with E-state index in [1.54, 1.807) is 29.8 Å². The highest BCUT2D eigenvalue weighted by Gasteiger charge is 2.33. The Morgan fingerprint density at radius 1 is 1.30 bits per heavy atom. The van der Waals surface area contributed by atoms with Crippen molar-refractivity contribution in [2.24, 2.45) is 0 Å². The van der Waals surface area contributed by atoms with Crippen LogP contribution < -0.4 is 5.32 Å². The summed E-state index contributed by atoms with van der Waals surface area (Å²) in [5.74, 6) is -1.38. The summed E-state index contributed by atoms with van der Waals surface area (Å²) in [6, 6.07) is 5.05. The number of hydrogen-bond donors (Lipinski definition) is 1. The van der Waals surface area contributed by atoms with E-state index < -0.39 is 11.9 Å². The van der Waals surface area contributed by atoms with Crippen LogP contribution in [0.15, 0.2) is 24.3 Å². The maximum atomic E-state index is 13.2. The molecule has 148 valence electrons. The number of likely N-dealkylation sites (tertiary alicyclic amines) is 1. The predicted molar refractivity (Wildman–Crippen MR) is 98.5 cm³/mol. The van der Waals surface area contributed by atoms with Crippen LogP contribution >= 0.6 is 0 Å². The molecule has 1 heterocycles. The zero-order valence-electron chi connectivity index (χ0n) is 15.7. The number of esters is 1. The van der Waals surface area contributed by atoms with Crippen LogP contribution in [-0.2, 0) is 19.1 Å². The van der Waals surface area contributed by atoms with Gasteiger partial charge in [-0.05, 0) is 51.4 Å². The number of hydrogen-bond acceptors (Lipinski definition) is 5. The van der Waals surface area contributed by atoms with E-state index in [0.29, 0.717) is 18.7 Å². The molecule has 0 unspecified atom stereocenters. The number of anilines is 1. The van der Waals surface area contributed by atoms with Gasteiger partial charge in [-0.1, -0.05) is 6.07 Å². The van der Waals surface area contributed by atoms with Crippen molar-refractivity contribution in [3.05, 3.63) is 30.1 Å². The number of ether oxygens (including phenoxy) is 1. The van der Waals surface area contributed by atoms with Crippen LogP contribution in [-0.4, -0.2) is 66.9 Å². The van der Waals surface area contributed by atoms with Crippen LogP contribution in [0.5, 0.6) is 0 Å². The Hall–Kier alpha value is -2.48. The van der Waals surface area contributed by atoms with E-state index in [1.807, 2.05) is 0 Å². The van der Waals surface area contributed by atoms with Crippen LogP contribution in [0, 0.1) is 5.82 Å². The van der Waals surface area contributed by atoms with Gasteiger partial charge < -0.3 is 15.0 Å². The van der Waals surface area contributed by atoms with Crippen LogP contribution in [0.4, 0.5) is 10.1 Å². The summed E-state index contributed by atoms with van der Waals surface area (Å²) in [4.78, 5) is 39.9. The molecule has 1 aliphatic rings. The molecule has 1 fully saturated rings. The van der Waals surface area contributed by atoms with Crippen molar-refractivity contribution >= 4 is 23.5 Å². The smallest absolute Gasteiger partial charge is 0.328 e. The zero-order valence-corrected chi connectivity index (χ0v) is 15.7. The summed E-state index contributed by atoms with van der Waals surface area (Å²) in [7, 11) is 1.65. The van der Waals surface area contributed by atoms with Gasteiger partial charge in [-0.2, -0.15) is 0 Å². The van der Waals surface area contributed by atoms with Crippen molar-refractivity contribution in [1.29, 1.82) is 0 Å². The number of piperidine rings is 1. The second-order valence-corrected chi connectivity index (χ2v) is 6.58. The molecule has 0 aliphatic carbocycles. The number of rotatable bonds is 7. The fraction of sp³-hybridized carbons (Fsp3) is 0.526. The molecule has 0 radical (unpaired) electrons. The molecule has 2 rings (SSSR count). The lowest BCUT2D eigenvalue weighted by Gasteiger charge is -2.35. The number of carbonyl (C=O) groups excluding carboxylic acids is 3. The Bertz CT molecular complexity index is 683. The van der Waals surface area contributed by atoms with Gasteiger partial charge in [-0.15, -0.1) is 0 Å². The summed E-state index contributed by atoms with van der Waals surface area (Å²) in [6.45, 7) is 2.49. The molecule has 1 atom stereocenters. The number of halogens is 1. The monoisotopic (exact) mass is 379 g/mol. The van der Waals surface area contributed by atoms with Crippen LogP contribution in [0.2, 0.25) is 0 Å². The average Bonchev–Trinajstić information content (AvgIpc) is 2.61. The van der Waals surface area contributed by atoms with Crippen molar-refractivity contribution < 1.29 is 23.5 Å². The van der Waals surface area contributed by atoms with Crippen molar-refractivity contribution in [2.75, 3.05) is 38.6 Å². The predicted octanol–water partition coefficient (Wildman–Crippen LogP) is 1.64. The number of benzene rings is 1. The molecule has 7 nitrogen and oxygen atoms in total. The summed E-state index contributed by atoms with van der Waals surface area (Å²) in [5.41, 5.74) is 0.359. The zero-order chi connectivity index (χ0) is 19.8. The molecule has 0 aromatic heterocycles. The Morgan fingerprint density at radius 3 is 2.78 bits per heavy atom. The molecule has 0 saturated carbocycles. The number of nitrogens with zero attached hydrogens (tertiary/aromatic N) is 2. The molecule has 1 aromatic rings. The normalized spacial score (nSPS) is 16.9. The molecule has 8 heteroatoms. The van der Waals surface area contributed by atoms with Gasteiger partial charge in [0.05, 0.1) is 19.7 Å². The number of nitrogens with one attached hydrogen (secondary N) is 1. The standard InChI is InChI=1S/C19H26FN3O4/c1-3-27-19(26)16-9-4-5-10-23(16)18(25)13-22(2)12-17(24)21-15-8-6-7-14(20)11-15/h6-8,11,16H,3-5,9-10,12-13H2,1-2H3,(H,21,24)/t16-/m0/s1. The SMILES string of the molecule is CCOC(=O)[C@@H]1CCCCN1C(=O)CN(C)CC(=O)Nc1cccc(F)c1. The minimum atomic E-state index is -0.555. The van der Waals surface area contributed by atoms with E-state index in [1.165, 1.54) is 18.2 Å². The molecule has 2 amide bonds. The van der Waals surface area contributed by atoms with E-state index in [0.717, 1.165) is 12.8 Å². The van der Waals surface area contributed by atoms with Gasteiger partial charge in [-0.25, -0.2) is 9.18 Å². The number of carbonyl (C=O) groups is 3. The first-order valence-electron chi connectivity index (χ1n) is 9.10. The number of likely N-dealkylation sites (N-methyl/N-ethyl adjacent to an activating group) is 1. The highest BCUT2D eigenvalue weighted by molar-refractivity contribution is 5.92. The summed E-state index contributed by atoms with van der Waals surface area (Å²) in [5, 5.41) is 2.59. The number of amides is 2. The first-order valence-corrected chi connectivity index (χ1v) is 9.10. The first-order chi connectivity index (χ1) is 12.9. The minimum Gasteiger partial charge on any atom is -0.464 e. The lowest BCUT2D eigenvalue weighted by molar-refractivity contribution is -0.157. The largest absolute Gasteiger partial charge is 0.464 e. The van der Waals surface area contributed by atoms with Gasteiger partial charge in [0.2, 0.25) is 11.8 Å². The maximum Gasteiger partial charge on any atom is 0.328 e. The van der Waals surface area contributed by atoms with E-state index in [-0.39, 0.29) is 37.5 Å². The van der Waals surface area contributed by atoms with E-state index in [4.69, 9.17) is 4.74 Å². The lowest BCUT2D eigenvalue weighted by atomic mass is 10.0. The van der Waals surface area contributed by atoms with Gasteiger partial charge in [0, 0.05) is 12.2 Å². The van der Waals surface area contributed by atoms with E-state index in [2.05, 4.69) is 5.32 Å². The third-order valence-electron chi connectivity index (χ3n) is 4.31. The molecule has 1 saturated heterocycles. The molecule has 1 aromatic carbocycles. The highest BCUT2D eigenvalue weighted by atomic mass is 19.1. The Kier molecular flexibility index (Phi) is 7.72. The summed E-state index contributed by atoms with van der Waals surface area (Å²) in [6.07, 6.45) is 2.30. The van der Waals surface area contributed by atoms with Gasteiger partial charge in [0.15, 0.2) is 0 Å². The van der Waals surface area contributed by atoms with Crippen molar-refractivity contribution in [2.45, 2.75) is 32.2 Å². The molecule has 1 aliphatic heterocycles. The molecule has 1 N–H and O–H groups in total. The van der Waals surface area contributed by atoms with E-state index >= 15 is 0 Å². The summed E-state index contributed by atoms with van der Waals surface area (Å²) >= 11 is 0. The molecular weight excluding hydrogens is 353 g/mol. The quantitative estimate of drug-likeness (QED) is 0.729. The van der Waals surface area contributed by atoms with Crippen LogP contribution in [0.1, 0.15) is 26.2 Å². The second kappa shape index (κ2) is 10.0. The molecule has 0 bridgehead atoms. The van der Waals surface area contributed by atoms with Crippen LogP contribution in [0.25, 0.3) is 0 Å². The van der Waals surface area contributed by atoms with E-state index in [9.17, 15) is 18.8 Å². The highest BCUT2D eigenvalue weighted by Crippen LogP contribution is 2.18. The molecule has 27 heavy (non-hydrogen) atoms. The minimum absolute atomic E-state index is 0.00642. The topological polar surface area (TPSA) is 79.0 Å².